The predicted molar refractivity (Wildman–Crippen MR) is 101 cm³/mol. The number of hydrogen-bond acceptors (Lipinski definition) is 3. The van der Waals surface area contributed by atoms with Crippen molar-refractivity contribution in [3.8, 4) is 11.3 Å². The Morgan fingerprint density at radius 1 is 0.833 bits per heavy atom. The highest BCUT2D eigenvalue weighted by atomic mass is 14.9. The molecule has 0 saturated carbocycles. The predicted octanol–water partition coefficient (Wildman–Crippen LogP) is 4.96. The van der Waals surface area contributed by atoms with Gasteiger partial charge in [-0.15, -0.1) is 0 Å². The van der Waals surface area contributed by atoms with Gasteiger partial charge in [-0.3, -0.25) is 0 Å². The zero-order chi connectivity index (χ0) is 16.8. The molecule has 2 aromatic carbocycles. The van der Waals surface area contributed by atoms with Crippen LogP contribution in [0.4, 0.5) is 5.69 Å². The van der Waals surface area contributed by atoms with Crippen molar-refractivity contribution in [1.29, 1.82) is 0 Å². The summed E-state index contributed by atoms with van der Waals surface area (Å²) < 4.78 is 0. The lowest BCUT2D eigenvalue weighted by molar-refractivity contribution is 1.28. The average Bonchev–Trinajstić information content (AvgIpc) is 2.56. The number of pyridine rings is 2. The third-order valence-corrected chi connectivity index (χ3v) is 4.49. The molecule has 2 N–H and O–H groups in total. The van der Waals surface area contributed by atoms with E-state index >= 15 is 0 Å². The van der Waals surface area contributed by atoms with Crippen LogP contribution in [-0.2, 0) is 0 Å². The molecule has 3 heteroatoms. The van der Waals surface area contributed by atoms with Gasteiger partial charge in [0.25, 0.3) is 0 Å². The fourth-order valence-electron chi connectivity index (χ4n) is 3.38. The number of aromatic nitrogens is 2. The highest BCUT2D eigenvalue weighted by Gasteiger charge is 2.13. The highest BCUT2D eigenvalue weighted by molar-refractivity contribution is 6.08. The number of aryl methyl sites for hydroxylation is 3. The normalized spacial score (nSPS) is 11.3. The van der Waals surface area contributed by atoms with Crippen LogP contribution in [0.1, 0.15) is 16.7 Å². The molecule has 118 valence electrons. The Morgan fingerprint density at radius 3 is 2.33 bits per heavy atom. The number of benzene rings is 2. The molecule has 0 aliphatic rings. The van der Waals surface area contributed by atoms with Crippen molar-refractivity contribution in [2.45, 2.75) is 20.8 Å². The fraction of sp³-hybridized carbons (Fsp3) is 0.143. The zero-order valence-electron chi connectivity index (χ0n) is 14.1. The number of fused-ring (bicyclic) bond motifs is 2. The van der Waals surface area contributed by atoms with Crippen LogP contribution in [0.3, 0.4) is 0 Å². The van der Waals surface area contributed by atoms with Crippen LogP contribution in [0.5, 0.6) is 0 Å². The van der Waals surface area contributed by atoms with E-state index in [1.165, 1.54) is 5.56 Å². The topological polar surface area (TPSA) is 51.8 Å². The van der Waals surface area contributed by atoms with Crippen LogP contribution in [0.15, 0.2) is 48.5 Å². The van der Waals surface area contributed by atoms with Gasteiger partial charge in [-0.2, -0.15) is 0 Å². The number of nitrogens with zero attached hydrogens (tertiary/aromatic N) is 2. The van der Waals surface area contributed by atoms with E-state index < -0.39 is 0 Å². The van der Waals surface area contributed by atoms with Crippen LogP contribution < -0.4 is 5.73 Å². The van der Waals surface area contributed by atoms with E-state index in [0.717, 1.165) is 44.4 Å². The van der Waals surface area contributed by atoms with Gasteiger partial charge < -0.3 is 5.73 Å². The standard InChI is InChI=1S/C21H19N3/c1-12-9-14(3)20-16(10-12)19(22)18-13(2)11-17(23-21(18)24-20)15-7-5-4-6-8-15/h4-11H,1-3H3,(H2,22,23,24). The van der Waals surface area contributed by atoms with Crippen molar-refractivity contribution in [2.24, 2.45) is 0 Å². The summed E-state index contributed by atoms with van der Waals surface area (Å²) in [7, 11) is 0. The maximum Gasteiger partial charge on any atom is 0.162 e. The minimum atomic E-state index is 0.714. The van der Waals surface area contributed by atoms with Crippen molar-refractivity contribution in [1.82, 2.24) is 9.97 Å². The molecule has 3 nitrogen and oxygen atoms in total. The Bertz CT molecular complexity index is 1080. The third-order valence-electron chi connectivity index (χ3n) is 4.49. The molecule has 0 atom stereocenters. The molecule has 0 saturated heterocycles. The van der Waals surface area contributed by atoms with Gasteiger partial charge in [-0.25, -0.2) is 9.97 Å². The van der Waals surface area contributed by atoms with Gasteiger partial charge in [0, 0.05) is 16.3 Å². The summed E-state index contributed by atoms with van der Waals surface area (Å²) in [4.78, 5) is 9.62. The second kappa shape index (κ2) is 5.31. The molecule has 4 aromatic rings. The van der Waals surface area contributed by atoms with Crippen molar-refractivity contribution in [2.75, 3.05) is 5.73 Å². The van der Waals surface area contributed by atoms with Crippen molar-refractivity contribution >= 4 is 27.6 Å². The van der Waals surface area contributed by atoms with E-state index in [9.17, 15) is 0 Å². The van der Waals surface area contributed by atoms with Gasteiger partial charge in [0.15, 0.2) is 5.65 Å². The molecular weight excluding hydrogens is 294 g/mol. The van der Waals surface area contributed by atoms with E-state index in [1.54, 1.807) is 0 Å². The van der Waals surface area contributed by atoms with Gasteiger partial charge >= 0.3 is 0 Å². The quantitative estimate of drug-likeness (QED) is 0.505. The molecule has 0 radical (unpaired) electrons. The Hall–Kier alpha value is -2.94. The lowest BCUT2D eigenvalue weighted by atomic mass is 10.0. The van der Waals surface area contributed by atoms with Crippen LogP contribution >= 0.6 is 0 Å². The number of anilines is 1. The summed E-state index contributed by atoms with van der Waals surface area (Å²) in [6, 6.07) is 16.5. The van der Waals surface area contributed by atoms with E-state index in [4.69, 9.17) is 15.7 Å². The van der Waals surface area contributed by atoms with Gasteiger partial charge in [-0.1, -0.05) is 42.0 Å². The molecule has 0 aliphatic carbocycles. The summed E-state index contributed by atoms with van der Waals surface area (Å²) >= 11 is 0. The molecule has 0 unspecified atom stereocenters. The molecule has 4 rings (SSSR count). The average molecular weight is 313 g/mol. The van der Waals surface area contributed by atoms with Crippen molar-refractivity contribution < 1.29 is 0 Å². The van der Waals surface area contributed by atoms with Gasteiger partial charge in [-0.05, 0) is 44.0 Å². The second-order valence-electron chi connectivity index (χ2n) is 6.39. The Morgan fingerprint density at radius 2 is 1.58 bits per heavy atom. The first kappa shape index (κ1) is 14.6. The Labute approximate surface area is 141 Å². The lowest BCUT2D eigenvalue weighted by Gasteiger charge is -2.13. The molecule has 0 aliphatic heterocycles. The Balaban J connectivity index is 2.10. The Kier molecular flexibility index (Phi) is 3.24. The molecule has 2 aromatic heterocycles. The van der Waals surface area contributed by atoms with E-state index in [-0.39, 0.29) is 0 Å². The van der Waals surface area contributed by atoms with Gasteiger partial charge in [0.05, 0.1) is 16.9 Å². The first-order valence-electron chi connectivity index (χ1n) is 8.08. The molecular formula is C21H19N3. The second-order valence-corrected chi connectivity index (χ2v) is 6.39. The van der Waals surface area contributed by atoms with Crippen LogP contribution in [-0.4, -0.2) is 9.97 Å². The monoisotopic (exact) mass is 313 g/mol. The smallest absolute Gasteiger partial charge is 0.162 e. The molecule has 0 amide bonds. The van der Waals surface area contributed by atoms with Crippen LogP contribution in [0, 0.1) is 20.8 Å². The first-order chi connectivity index (χ1) is 11.5. The highest BCUT2D eigenvalue weighted by Crippen LogP contribution is 2.33. The number of hydrogen-bond donors (Lipinski definition) is 1. The molecule has 24 heavy (non-hydrogen) atoms. The van der Waals surface area contributed by atoms with E-state index in [1.807, 2.05) is 18.2 Å². The molecule has 0 bridgehead atoms. The minimum absolute atomic E-state index is 0.714. The SMILES string of the molecule is Cc1cc(C)c2nc3nc(-c4ccccc4)cc(C)c3c(N)c2c1. The van der Waals surface area contributed by atoms with Gasteiger partial charge in [0.1, 0.15) is 0 Å². The molecule has 0 fully saturated rings. The third kappa shape index (κ3) is 2.21. The first-order valence-corrected chi connectivity index (χ1v) is 8.08. The van der Waals surface area contributed by atoms with Crippen LogP contribution in [0.25, 0.3) is 33.2 Å². The summed E-state index contributed by atoms with van der Waals surface area (Å²) in [6.07, 6.45) is 0. The maximum atomic E-state index is 6.50. The number of nitrogens with two attached hydrogens (primary N) is 1. The van der Waals surface area contributed by atoms with Crippen LogP contribution in [0.2, 0.25) is 0 Å². The summed E-state index contributed by atoms with van der Waals surface area (Å²) in [5.41, 5.74) is 14.4. The maximum absolute atomic E-state index is 6.50. The summed E-state index contributed by atoms with van der Waals surface area (Å²) in [5.74, 6) is 0. The lowest BCUT2D eigenvalue weighted by Crippen LogP contribution is -1.99. The summed E-state index contributed by atoms with van der Waals surface area (Å²) in [6.45, 7) is 6.23. The number of nitrogen functional groups attached to an aromatic ring is 1. The minimum Gasteiger partial charge on any atom is -0.398 e. The molecule has 2 heterocycles. The van der Waals surface area contributed by atoms with Gasteiger partial charge in [0.2, 0.25) is 0 Å². The zero-order valence-corrected chi connectivity index (χ0v) is 14.1. The largest absolute Gasteiger partial charge is 0.398 e. The van der Waals surface area contributed by atoms with Crippen molar-refractivity contribution in [3.63, 3.8) is 0 Å². The van der Waals surface area contributed by atoms with E-state index in [0.29, 0.717) is 5.65 Å². The molecule has 0 spiro atoms. The van der Waals surface area contributed by atoms with Crippen molar-refractivity contribution in [3.05, 3.63) is 65.2 Å². The fourth-order valence-corrected chi connectivity index (χ4v) is 3.38. The summed E-state index contributed by atoms with van der Waals surface area (Å²) in [5, 5.41) is 1.96. The number of rotatable bonds is 1. The van der Waals surface area contributed by atoms with E-state index in [2.05, 4.69) is 51.1 Å².